The zero-order valence-electron chi connectivity index (χ0n) is 11.0. The molecule has 0 fully saturated rings. The van der Waals surface area contributed by atoms with Crippen LogP contribution in [0.3, 0.4) is 0 Å². The molecule has 1 aliphatic rings. The second-order valence-corrected chi connectivity index (χ2v) is 4.68. The predicted molar refractivity (Wildman–Crippen MR) is 74.5 cm³/mol. The first-order chi connectivity index (χ1) is 9.85. The van der Waals surface area contributed by atoms with Crippen LogP contribution < -0.4 is 10.2 Å². The predicted octanol–water partition coefficient (Wildman–Crippen LogP) is 0.611. The number of aromatic nitrogens is 6. The third-order valence-electron chi connectivity index (χ3n) is 3.53. The van der Waals surface area contributed by atoms with Crippen LogP contribution in [-0.4, -0.2) is 43.1 Å². The average molecular weight is 270 g/mol. The Morgan fingerprint density at radius 2 is 2.20 bits per heavy atom. The van der Waals surface area contributed by atoms with E-state index in [0.717, 1.165) is 36.8 Å². The van der Waals surface area contributed by atoms with Crippen molar-refractivity contribution in [2.24, 2.45) is 0 Å². The highest BCUT2D eigenvalue weighted by atomic mass is 15.3. The van der Waals surface area contributed by atoms with Gasteiger partial charge in [-0.1, -0.05) is 0 Å². The van der Waals surface area contributed by atoms with Gasteiger partial charge in [0.25, 0.3) is 0 Å². The minimum Gasteiger partial charge on any atom is -0.357 e. The summed E-state index contributed by atoms with van der Waals surface area (Å²) in [4.78, 5) is 22.8. The van der Waals surface area contributed by atoms with Gasteiger partial charge in [-0.2, -0.15) is 9.97 Å². The fraction of sp³-hybridized carbons (Fsp3) is 0.333. The number of imidazole rings is 2. The number of rotatable bonds is 2. The van der Waals surface area contributed by atoms with Crippen LogP contribution in [-0.2, 0) is 13.1 Å². The number of nitrogens with zero attached hydrogens (tertiary/aromatic N) is 6. The van der Waals surface area contributed by atoms with Crippen molar-refractivity contribution < 1.29 is 0 Å². The van der Waals surface area contributed by atoms with Crippen LogP contribution in [0.2, 0.25) is 0 Å². The van der Waals surface area contributed by atoms with Crippen LogP contribution in [0, 0.1) is 0 Å². The quantitative estimate of drug-likeness (QED) is 0.709. The number of hydrogen-bond donors (Lipinski definition) is 2. The molecule has 0 aliphatic carbocycles. The maximum Gasteiger partial charge on any atom is 0.226 e. The highest BCUT2D eigenvalue weighted by Crippen LogP contribution is 2.25. The van der Waals surface area contributed by atoms with Crippen molar-refractivity contribution in [1.29, 1.82) is 0 Å². The standard InChI is InChI=1S/C12H14N8/c1-13-12-17-10-9(15-7-16-10)11(18-12)20-5-4-19-3-2-14-8(19)6-20/h2-3,7H,4-6H2,1H3,(H2,13,15,16,17,18). The molecule has 4 heterocycles. The zero-order chi connectivity index (χ0) is 13.5. The number of fused-ring (bicyclic) bond motifs is 2. The molecule has 0 saturated carbocycles. The van der Waals surface area contributed by atoms with Crippen LogP contribution in [0.15, 0.2) is 18.7 Å². The molecule has 20 heavy (non-hydrogen) atoms. The fourth-order valence-electron chi connectivity index (χ4n) is 2.51. The molecule has 0 amide bonds. The lowest BCUT2D eigenvalue weighted by Crippen LogP contribution is -2.34. The Morgan fingerprint density at radius 1 is 1.25 bits per heavy atom. The lowest BCUT2D eigenvalue weighted by molar-refractivity contribution is 0.557. The van der Waals surface area contributed by atoms with Crippen molar-refractivity contribution >= 4 is 22.9 Å². The first kappa shape index (κ1) is 11.2. The average Bonchev–Trinajstić information content (AvgIpc) is 3.13. The number of hydrogen-bond acceptors (Lipinski definition) is 6. The van der Waals surface area contributed by atoms with Gasteiger partial charge in [0.05, 0.1) is 12.9 Å². The number of H-pyrrole nitrogens is 1. The van der Waals surface area contributed by atoms with Crippen molar-refractivity contribution in [3.63, 3.8) is 0 Å². The molecule has 0 radical (unpaired) electrons. The molecule has 8 nitrogen and oxygen atoms in total. The first-order valence-electron chi connectivity index (χ1n) is 6.49. The lowest BCUT2D eigenvalue weighted by Gasteiger charge is -2.28. The monoisotopic (exact) mass is 270 g/mol. The SMILES string of the molecule is CNc1nc(N2CCn3ccnc3C2)c2[nH]cnc2n1. The van der Waals surface area contributed by atoms with Crippen molar-refractivity contribution in [3.8, 4) is 0 Å². The molecular formula is C12H14N8. The molecule has 2 N–H and O–H groups in total. The topological polar surface area (TPSA) is 87.5 Å². The van der Waals surface area contributed by atoms with E-state index in [2.05, 4.69) is 39.7 Å². The Kier molecular flexibility index (Phi) is 2.35. The Morgan fingerprint density at radius 3 is 3.10 bits per heavy atom. The minimum atomic E-state index is 0.577. The van der Waals surface area contributed by atoms with E-state index in [1.54, 1.807) is 13.4 Å². The van der Waals surface area contributed by atoms with Crippen molar-refractivity contribution in [2.45, 2.75) is 13.1 Å². The van der Waals surface area contributed by atoms with Crippen LogP contribution in [0.5, 0.6) is 0 Å². The second-order valence-electron chi connectivity index (χ2n) is 4.68. The molecule has 0 aromatic carbocycles. The van der Waals surface area contributed by atoms with Gasteiger partial charge in [0.1, 0.15) is 11.3 Å². The lowest BCUT2D eigenvalue weighted by atomic mass is 10.3. The molecule has 0 bridgehead atoms. The summed E-state index contributed by atoms with van der Waals surface area (Å²) in [6, 6.07) is 0. The Bertz CT molecular complexity index is 758. The van der Waals surface area contributed by atoms with E-state index in [9.17, 15) is 0 Å². The van der Waals surface area contributed by atoms with Gasteiger partial charge < -0.3 is 19.8 Å². The maximum absolute atomic E-state index is 4.57. The van der Waals surface area contributed by atoms with E-state index in [1.165, 1.54) is 0 Å². The minimum absolute atomic E-state index is 0.577. The van der Waals surface area contributed by atoms with Crippen LogP contribution in [0.1, 0.15) is 5.82 Å². The van der Waals surface area contributed by atoms with Gasteiger partial charge in [0.15, 0.2) is 11.5 Å². The number of nitrogens with one attached hydrogen (secondary N) is 2. The smallest absolute Gasteiger partial charge is 0.226 e. The highest BCUT2D eigenvalue weighted by Gasteiger charge is 2.21. The molecule has 3 aromatic heterocycles. The highest BCUT2D eigenvalue weighted by molar-refractivity contribution is 5.84. The molecule has 4 rings (SSSR count). The van der Waals surface area contributed by atoms with E-state index in [4.69, 9.17) is 0 Å². The third-order valence-corrected chi connectivity index (χ3v) is 3.53. The molecule has 3 aromatic rings. The van der Waals surface area contributed by atoms with Crippen molar-refractivity contribution in [3.05, 3.63) is 24.5 Å². The van der Waals surface area contributed by atoms with Crippen molar-refractivity contribution in [2.75, 3.05) is 23.8 Å². The van der Waals surface area contributed by atoms with E-state index in [1.807, 2.05) is 12.4 Å². The Balaban J connectivity index is 1.80. The molecule has 1 aliphatic heterocycles. The summed E-state index contributed by atoms with van der Waals surface area (Å²) in [7, 11) is 1.81. The number of anilines is 2. The van der Waals surface area contributed by atoms with Gasteiger partial charge in [0, 0.05) is 32.5 Å². The largest absolute Gasteiger partial charge is 0.357 e. The summed E-state index contributed by atoms with van der Waals surface area (Å²) < 4.78 is 2.17. The summed E-state index contributed by atoms with van der Waals surface area (Å²) in [6.45, 7) is 2.53. The van der Waals surface area contributed by atoms with E-state index in [0.29, 0.717) is 11.6 Å². The van der Waals surface area contributed by atoms with Crippen LogP contribution in [0.4, 0.5) is 11.8 Å². The normalized spacial score (nSPS) is 14.6. The molecule has 0 unspecified atom stereocenters. The summed E-state index contributed by atoms with van der Waals surface area (Å²) in [5.74, 6) is 2.49. The molecule has 102 valence electrons. The molecule has 0 atom stereocenters. The van der Waals surface area contributed by atoms with E-state index in [-0.39, 0.29) is 0 Å². The van der Waals surface area contributed by atoms with E-state index >= 15 is 0 Å². The summed E-state index contributed by atoms with van der Waals surface area (Å²) in [5, 5.41) is 2.98. The van der Waals surface area contributed by atoms with Gasteiger partial charge in [0.2, 0.25) is 5.95 Å². The molecule has 0 spiro atoms. The van der Waals surface area contributed by atoms with Gasteiger partial charge in [-0.3, -0.25) is 0 Å². The molecular weight excluding hydrogens is 256 g/mol. The Hall–Kier alpha value is -2.64. The summed E-state index contributed by atoms with van der Waals surface area (Å²) >= 11 is 0. The van der Waals surface area contributed by atoms with Crippen molar-refractivity contribution in [1.82, 2.24) is 29.5 Å². The van der Waals surface area contributed by atoms with Gasteiger partial charge >= 0.3 is 0 Å². The van der Waals surface area contributed by atoms with Crippen LogP contribution in [0.25, 0.3) is 11.2 Å². The van der Waals surface area contributed by atoms with Crippen LogP contribution >= 0.6 is 0 Å². The maximum atomic E-state index is 4.57. The van der Waals surface area contributed by atoms with Gasteiger partial charge in [-0.25, -0.2) is 9.97 Å². The van der Waals surface area contributed by atoms with Gasteiger partial charge in [-0.15, -0.1) is 0 Å². The summed E-state index contributed by atoms with van der Waals surface area (Å²) in [6.07, 6.45) is 5.49. The molecule has 8 heteroatoms. The van der Waals surface area contributed by atoms with E-state index < -0.39 is 0 Å². The first-order valence-corrected chi connectivity index (χ1v) is 6.49. The second kappa shape index (κ2) is 4.19. The Labute approximate surface area is 114 Å². The zero-order valence-corrected chi connectivity index (χ0v) is 11.0. The number of aromatic amines is 1. The summed E-state index contributed by atoms with van der Waals surface area (Å²) in [5.41, 5.74) is 1.54. The molecule has 0 saturated heterocycles. The third kappa shape index (κ3) is 1.61. The van der Waals surface area contributed by atoms with Gasteiger partial charge in [-0.05, 0) is 0 Å². The fourth-order valence-corrected chi connectivity index (χ4v) is 2.51.